The van der Waals surface area contributed by atoms with Crippen molar-refractivity contribution in [2.24, 2.45) is 5.92 Å². The van der Waals surface area contributed by atoms with Gasteiger partial charge in [0.05, 0.1) is 22.7 Å². The number of hydrogen-bond acceptors (Lipinski definition) is 3. The van der Waals surface area contributed by atoms with Crippen LogP contribution in [0.25, 0.3) is 0 Å². The van der Waals surface area contributed by atoms with Gasteiger partial charge in [0.15, 0.2) is 0 Å². The van der Waals surface area contributed by atoms with Crippen molar-refractivity contribution >= 4 is 39.2 Å². The van der Waals surface area contributed by atoms with Crippen molar-refractivity contribution < 1.29 is 9.90 Å². The zero-order chi connectivity index (χ0) is 16.8. The summed E-state index contributed by atoms with van der Waals surface area (Å²) in [5.41, 5.74) is 2.81. The van der Waals surface area contributed by atoms with Gasteiger partial charge >= 0.3 is 0 Å². The molecule has 4 rings (SSSR count). The predicted molar refractivity (Wildman–Crippen MR) is 96.3 cm³/mol. The largest absolute Gasteiger partial charge is 0.545 e. The molecule has 122 valence electrons. The molecule has 1 aliphatic carbocycles. The van der Waals surface area contributed by atoms with Crippen molar-refractivity contribution in [2.75, 3.05) is 5.32 Å². The van der Waals surface area contributed by atoms with Gasteiger partial charge in [0.25, 0.3) is 0 Å². The Morgan fingerprint density at radius 2 is 2.04 bits per heavy atom. The van der Waals surface area contributed by atoms with Crippen LogP contribution in [-0.4, -0.2) is 5.97 Å². The Morgan fingerprint density at radius 3 is 2.79 bits per heavy atom. The maximum Gasteiger partial charge on any atom is 0.0719 e. The van der Waals surface area contributed by atoms with Crippen molar-refractivity contribution in [1.29, 1.82) is 0 Å². The third-order valence-corrected chi connectivity index (χ3v) is 5.97. The zero-order valence-electron chi connectivity index (χ0n) is 12.6. The molecule has 0 radical (unpaired) electrons. The van der Waals surface area contributed by atoms with Crippen LogP contribution in [0.15, 0.2) is 53.0 Å². The quantitative estimate of drug-likeness (QED) is 0.761. The van der Waals surface area contributed by atoms with Crippen molar-refractivity contribution in [2.45, 2.75) is 18.4 Å². The lowest BCUT2D eigenvalue weighted by Gasteiger charge is -2.39. The van der Waals surface area contributed by atoms with E-state index in [1.807, 2.05) is 18.2 Å². The minimum Gasteiger partial charge on any atom is -0.545 e. The Labute approximate surface area is 153 Å². The van der Waals surface area contributed by atoms with E-state index in [0.717, 1.165) is 22.0 Å². The van der Waals surface area contributed by atoms with Gasteiger partial charge in [-0.1, -0.05) is 63.9 Å². The summed E-state index contributed by atoms with van der Waals surface area (Å²) in [6.07, 6.45) is 5.11. The second kappa shape index (κ2) is 5.94. The molecule has 24 heavy (non-hydrogen) atoms. The van der Waals surface area contributed by atoms with E-state index in [1.165, 1.54) is 0 Å². The van der Waals surface area contributed by atoms with E-state index in [4.69, 9.17) is 11.6 Å². The summed E-state index contributed by atoms with van der Waals surface area (Å²) in [4.78, 5) is 11.6. The van der Waals surface area contributed by atoms with Crippen LogP contribution in [0, 0.1) is 5.92 Å². The summed E-state index contributed by atoms with van der Waals surface area (Å²) >= 11 is 10.0. The Hall–Kier alpha value is -1.78. The number of anilines is 1. The smallest absolute Gasteiger partial charge is 0.0719 e. The second-order valence-corrected chi connectivity index (χ2v) is 7.43. The summed E-state index contributed by atoms with van der Waals surface area (Å²) in [6.45, 7) is 0. The highest BCUT2D eigenvalue weighted by molar-refractivity contribution is 9.10. The average Bonchev–Trinajstić information content (AvgIpc) is 3.05. The fraction of sp³-hybridized carbons (Fsp3) is 0.211. The van der Waals surface area contributed by atoms with Crippen LogP contribution >= 0.6 is 27.5 Å². The summed E-state index contributed by atoms with van der Waals surface area (Å²) in [7, 11) is 0. The SMILES string of the molecule is O=C([O-])c1ccc(Cl)c2c1[C@H]1C=CC[C@H]1[C@@H](c1ccccc1Br)N2. The number of benzene rings is 2. The second-order valence-electron chi connectivity index (χ2n) is 6.17. The predicted octanol–water partition coefficient (Wildman–Crippen LogP) is 4.29. The van der Waals surface area contributed by atoms with E-state index < -0.39 is 5.97 Å². The molecule has 0 saturated carbocycles. The number of halogens is 2. The molecule has 0 saturated heterocycles. The molecule has 0 spiro atoms. The van der Waals surface area contributed by atoms with Crippen molar-refractivity contribution in [1.82, 2.24) is 0 Å². The highest BCUT2D eigenvalue weighted by Gasteiger charge is 2.40. The van der Waals surface area contributed by atoms with Gasteiger partial charge in [-0.25, -0.2) is 0 Å². The molecule has 0 fully saturated rings. The molecule has 0 unspecified atom stereocenters. The van der Waals surface area contributed by atoms with E-state index in [1.54, 1.807) is 12.1 Å². The number of carboxylic acid groups (broad SMARTS) is 1. The number of carboxylic acids is 1. The normalized spacial score (nSPS) is 24.2. The minimum atomic E-state index is -1.16. The van der Waals surface area contributed by atoms with Gasteiger partial charge in [0.2, 0.25) is 0 Å². The van der Waals surface area contributed by atoms with E-state index in [-0.39, 0.29) is 23.4 Å². The molecule has 0 aromatic heterocycles. The van der Waals surface area contributed by atoms with Crippen LogP contribution in [0.1, 0.15) is 39.9 Å². The van der Waals surface area contributed by atoms with Gasteiger partial charge in [-0.2, -0.15) is 0 Å². The number of fused-ring (bicyclic) bond motifs is 3. The molecular formula is C19H14BrClNO2-. The van der Waals surface area contributed by atoms with Crippen molar-refractivity contribution in [3.63, 3.8) is 0 Å². The molecule has 3 atom stereocenters. The van der Waals surface area contributed by atoms with E-state index in [0.29, 0.717) is 10.7 Å². The van der Waals surface area contributed by atoms with Gasteiger partial charge in [0, 0.05) is 16.0 Å². The number of hydrogen-bond donors (Lipinski definition) is 1. The summed E-state index contributed by atoms with van der Waals surface area (Å²) in [5.74, 6) is -0.902. The molecule has 3 nitrogen and oxygen atoms in total. The van der Waals surface area contributed by atoms with Crippen LogP contribution in [0.4, 0.5) is 5.69 Å². The molecule has 0 amide bonds. The van der Waals surface area contributed by atoms with Crippen molar-refractivity contribution in [3.8, 4) is 0 Å². The Bertz CT molecular complexity index is 864. The van der Waals surface area contributed by atoms with Crippen LogP contribution in [0.5, 0.6) is 0 Å². The van der Waals surface area contributed by atoms with Crippen LogP contribution in [0.3, 0.4) is 0 Å². The van der Waals surface area contributed by atoms with Gasteiger partial charge in [-0.15, -0.1) is 0 Å². The fourth-order valence-electron chi connectivity index (χ4n) is 3.89. The summed E-state index contributed by atoms with van der Waals surface area (Å²) in [6, 6.07) is 11.3. The first-order valence-electron chi connectivity index (χ1n) is 7.79. The number of allylic oxidation sites excluding steroid dienone is 2. The highest BCUT2D eigenvalue weighted by atomic mass is 79.9. The van der Waals surface area contributed by atoms with Crippen LogP contribution in [-0.2, 0) is 0 Å². The first-order chi connectivity index (χ1) is 11.6. The third-order valence-electron chi connectivity index (χ3n) is 4.93. The number of carbonyl (C=O) groups excluding carboxylic acids is 1. The molecular weight excluding hydrogens is 390 g/mol. The summed E-state index contributed by atoms with van der Waals surface area (Å²) in [5, 5.41) is 15.6. The van der Waals surface area contributed by atoms with Crippen LogP contribution < -0.4 is 10.4 Å². The van der Waals surface area contributed by atoms with Gasteiger partial charge in [0.1, 0.15) is 0 Å². The third kappa shape index (κ3) is 2.36. The lowest BCUT2D eigenvalue weighted by atomic mass is 9.75. The maximum absolute atomic E-state index is 11.6. The molecule has 1 heterocycles. The van der Waals surface area contributed by atoms with Crippen LogP contribution in [0.2, 0.25) is 5.02 Å². The lowest BCUT2D eigenvalue weighted by molar-refractivity contribution is -0.255. The molecule has 2 aromatic rings. The number of nitrogens with one attached hydrogen (secondary N) is 1. The Morgan fingerprint density at radius 1 is 1.25 bits per heavy atom. The van der Waals surface area contributed by atoms with Gasteiger partial charge in [-0.3, -0.25) is 0 Å². The fourth-order valence-corrected chi connectivity index (χ4v) is 4.64. The molecule has 5 heteroatoms. The van der Waals surface area contributed by atoms with Crippen molar-refractivity contribution in [3.05, 3.63) is 74.7 Å². The lowest BCUT2D eigenvalue weighted by Crippen LogP contribution is -2.33. The Balaban J connectivity index is 1.90. The number of rotatable bonds is 2. The highest BCUT2D eigenvalue weighted by Crippen LogP contribution is 2.53. The summed E-state index contributed by atoms with van der Waals surface area (Å²) < 4.78 is 1.03. The molecule has 2 aliphatic rings. The molecule has 1 aliphatic heterocycles. The van der Waals surface area contributed by atoms with Gasteiger partial charge in [-0.05, 0) is 35.6 Å². The standard InChI is InChI=1S/C19H15BrClNO2/c20-14-7-2-1-4-12(14)17-11-6-3-5-10(11)16-13(19(23)24)8-9-15(21)18(16)22-17/h1-5,7-11,17,22H,6H2,(H,23,24)/p-1/t10-,11+,17-/m0/s1. The number of aromatic carboxylic acids is 1. The first kappa shape index (κ1) is 15.7. The molecule has 1 N–H and O–H groups in total. The van der Waals surface area contributed by atoms with E-state index >= 15 is 0 Å². The number of carbonyl (C=O) groups is 1. The Kier molecular flexibility index (Phi) is 3.89. The molecule has 0 bridgehead atoms. The van der Waals surface area contributed by atoms with Gasteiger partial charge < -0.3 is 15.2 Å². The maximum atomic E-state index is 11.6. The minimum absolute atomic E-state index is 0.0185. The van der Waals surface area contributed by atoms with E-state index in [2.05, 4.69) is 39.5 Å². The first-order valence-corrected chi connectivity index (χ1v) is 8.96. The molecule has 2 aromatic carbocycles. The topological polar surface area (TPSA) is 52.2 Å². The zero-order valence-corrected chi connectivity index (χ0v) is 15.0. The average molecular weight is 404 g/mol. The van der Waals surface area contributed by atoms with E-state index in [9.17, 15) is 9.90 Å². The monoisotopic (exact) mass is 402 g/mol.